The maximum Gasteiger partial charge on any atom is 0.264 e. The van der Waals surface area contributed by atoms with Crippen molar-refractivity contribution in [1.82, 2.24) is 0 Å². The molecule has 0 aromatic heterocycles. The van der Waals surface area contributed by atoms with Gasteiger partial charge in [0, 0.05) is 12.6 Å². The summed E-state index contributed by atoms with van der Waals surface area (Å²) in [6.07, 6.45) is 1.58. The summed E-state index contributed by atoms with van der Waals surface area (Å²) >= 11 is 0. The van der Waals surface area contributed by atoms with Crippen molar-refractivity contribution in [1.29, 1.82) is 0 Å². The highest BCUT2D eigenvalue weighted by Gasteiger charge is 2.30. The lowest BCUT2D eigenvalue weighted by molar-refractivity contribution is 0.287. The van der Waals surface area contributed by atoms with Gasteiger partial charge in [-0.1, -0.05) is 0 Å². The number of hydrogen-bond acceptors (Lipinski definition) is 5. The van der Waals surface area contributed by atoms with Crippen molar-refractivity contribution >= 4 is 15.7 Å². The number of rotatable bonds is 7. The highest BCUT2D eigenvalue weighted by molar-refractivity contribution is 7.92. The van der Waals surface area contributed by atoms with Gasteiger partial charge in [-0.05, 0) is 62.6 Å². The molecule has 0 N–H and O–H groups in total. The number of aryl methyl sites for hydroxylation is 1. The summed E-state index contributed by atoms with van der Waals surface area (Å²) in [5.74, 6) is 1.71. The second kappa shape index (κ2) is 8.08. The third-order valence-electron chi connectivity index (χ3n) is 4.47. The summed E-state index contributed by atoms with van der Waals surface area (Å²) in [6, 6.07) is 10.3. The minimum Gasteiger partial charge on any atom is -0.497 e. The molecule has 27 heavy (non-hydrogen) atoms. The van der Waals surface area contributed by atoms with Gasteiger partial charge in [-0.25, -0.2) is 8.42 Å². The van der Waals surface area contributed by atoms with Crippen LogP contribution in [0.2, 0.25) is 0 Å². The fraction of sp³-hybridized carbons (Fsp3) is 0.400. The Labute approximate surface area is 160 Å². The molecule has 0 saturated carbocycles. The van der Waals surface area contributed by atoms with E-state index in [1.54, 1.807) is 31.4 Å². The number of methoxy groups -OCH3 is 1. The molecule has 7 heteroatoms. The molecule has 2 aromatic carbocycles. The van der Waals surface area contributed by atoms with Crippen molar-refractivity contribution in [3.05, 3.63) is 42.0 Å². The summed E-state index contributed by atoms with van der Waals surface area (Å²) in [5, 5.41) is 0. The number of hydrogen-bond donors (Lipinski definition) is 0. The lowest BCUT2D eigenvalue weighted by Crippen LogP contribution is -2.35. The number of ether oxygens (including phenoxy) is 3. The van der Waals surface area contributed by atoms with Crippen LogP contribution in [0.4, 0.5) is 5.69 Å². The van der Waals surface area contributed by atoms with Crippen molar-refractivity contribution in [2.45, 2.75) is 31.6 Å². The number of sulfonamides is 1. The third kappa shape index (κ3) is 3.83. The van der Waals surface area contributed by atoms with Crippen LogP contribution in [0.3, 0.4) is 0 Å². The molecule has 0 aliphatic carbocycles. The largest absolute Gasteiger partial charge is 0.497 e. The Morgan fingerprint density at radius 1 is 1.00 bits per heavy atom. The van der Waals surface area contributed by atoms with Crippen molar-refractivity contribution in [2.75, 3.05) is 31.2 Å². The predicted molar refractivity (Wildman–Crippen MR) is 105 cm³/mol. The van der Waals surface area contributed by atoms with Gasteiger partial charge in [-0.15, -0.1) is 0 Å². The van der Waals surface area contributed by atoms with Gasteiger partial charge in [0.1, 0.15) is 5.75 Å². The lowest BCUT2D eigenvalue weighted by Gasteiger charge is -2.31. The quantitative estimate of drug-likeness (QED) is 0.721. The van der Waals surface area contributed by atoms with E-state index < -0.39 is 10.0 Å². The number of fused-ring (bicyclic) bond motifs is 1. The molecule has 0 radical (unpaired) electrons. The second-order valence-electron chi connectivity index (χ2n) is 6.15. The molecule has 1 aliphatic rings. The summed E-state index contributed by atoms with van der Waals surface area (Å²) in [6.45, 7) is 5.08. The summed E-state index contributed by atoms with van der Waals surface area (Å²) in [7, 11) is -2.11. The van der Waals surface area contributed by atoms with Gasteiger partial charge in [0.15, 0.2) is 11.5 Å². The Kier molecular flexibility index (Phi) is 5.79. The van der Waals surface area contributed by atoms with Crippen LogP contribution in [0.25, 0.3) is 0 Å². The normalized spacial score (nSPS) is 13.8. The van der Waals surface area contributed by atoms with Gasteiger partial charge in [0.05, 0.1) is 30.9 Å². The van der Waals surface area contributed by atoms with Gasteiger partial charge in [0.2, 0.25) is 0 Å². The molecular formula is C20H25NO5S. The highest BCUT2D eigenvalue weighted by Crippen LogP contribution is 2.36. The molecule has 6 nitrogen and oxygen atoms in total. The van der Waals surface area contributed by atoms with E-state index in [0.717, 1.165) is 24.2 Å². The van der Waals surface area contributed by atoms with Crippen molar-refractivity contribution < 1.29 is 22.6 Å². The van der Waals surface area contributed by atoms with E-state index in [4.69, 9.17) is 14.2 Å². The molecular weight excluding hydrogens is 366 g/mol. The zero-order chi connectivity index (χ0) is 19.4. The molecule has 146 valence electrons. The molecule has 1 heterocycles. The Morgan fingerprint density at radius 2 is 1.74 bits per heavy atom. The first kappa shape index (κ1) is 19.4. The molecule has 0 amide bonds. The summed E-state index contributed by atoms with van der Waals surface area (Å²) in [4.78, 5) is 0.193. The zero-order valence-electron chi connectivity index (χ0n) is 15.9. The molecule has 2 aromatic rings. The first-order valence-electron chi connectivity index (χ1n) is 9.10. The summed E-state index contributed by atoms with van der Waals surface area (Å²) in [5.41, 5.74) is 1.68. The highest BCUT2D eigenvalue weighted by atomic mass is 32.2. The van der Waals surface area contributed by atoms with Crippen molar-refractivity contribution in [3.63, 3.8) is 0 Å². The van der Waals surface area contributed by atoms with Crippen LogP contribution in [0.1, 0.15) is 25.8 Å². The van der Waals surface area contributed by atoms with E-state index in [2.05, 4.69) is 0 Å². The van der Waals surface area contributed by atoms with Gasteiger partial charge >= 0.3 is 0 Å². The van der Waals surface area contributed by atoms with Crippen LogP contribution in [0.5, 0.6) is 17.2 Å². The molecule has 0 spiro atoms. The first-order chi connectivity index (χ1) is 13.0. The minimum atomic E-state index is -3.71. The van der Waals surface area contributed by atoms with E-state index in [9.17, 15) is 8.42 Å². The van der Waals surface area contributed by atoms with E-state index in [1.807, 2.05) is 26.0 Å². The molecule has 0 saturated heterocycles. The van der Waals surface area contributed by atoms with Crippen LogP contribution in [0.15, 0.2) is 41.3 Å². The first-order valence-corrected chi connectivity index (χ1v) is 10.5. The van der Waals surface area contributed by atoms with Crippen LogP contribution in [-0.4, -0.2) is 35.3 Å². The van der Waals surface area contributed by atoms with Crippen LogP contribution in [0, 0.1) is 0 Å². The maximum atomic E-state index is 13.3. The smallest absolute Gasteiger partial charge is 0.264 e. The second-order valence-corrected chi connectivity index (χ2v) is 8.01. The SMILES string of the molecule is CCOc1ccc(S(=O)(=O)N2CCCc3cc(OC)ccc32)cc1OCC. The summed E-state index contributed by atoms with van der Waals surface area (Å²) < 4.78 is 44.5. The zero-order valence-corrected chi connectivity index (χ0v) is 16.7. The minimum absolute atomic E-state index is 0.193. The average molecular weight is 391 g/mol. The predicted octanol–water partition coefficient (Wildman–Crippen LogP) is 3.63. The fourth-order valence-corrected chi connectivity index (χ4v) is 4.79. The van der Waals surface area contributed by atoms with E-state index >= 15 is 0 Å². The van der Waals surface area contributed by atoms with Crippen molar-refractivity contribution in [2.24, 2.45) is 0 Å². The molecule has 3 rings (SSSR count). The molecule has 0 fully saturated rings. The average Bonchev–Trinajstić information content (AvgIpc) is 2.68. The fourth-order valence-electron chi connectivity index (χ4n) is 3.23. The Morgan fingerprint density at radius 3 is 2.44 bits per heavy atom. The number of nitrogens with zero attached hydrogens (tertiary/aromatic N) is 1. The Balaban J connectivity index is 2.01. The standard InChI is InChI=1S/C20H25NO5S/c1-4-25-19-11-9-17(14-20(19)26-5-2)27(22,23)21-12-6-7-15-13-16(24-3)8-10-18(15)21/h8-11,13-14H,4-7,12H2,1-3H3. The van der Waals surface area contributed by atoms with Gasteiger partial charge in [0.25, 0.3) is 10.0 Å². The van der Waals surface area contributed by atoms with Gasteiger partial charge in [-0.3, -0.25) is 4.31 Å². The molecule has 0 unspecified atom stereocenters. The lowest BCUT2D eigenvalue weighted by atomic mass is 10.0. The Bertz CT molecular complexity index is 911. The van der Waals surface area contributed by atoms with E-state index in [0.29, 0.717) is 36.9 Å². The number of benzene rings is 2. The van der Waals surface area contributed by atoms with Crippen LogP contribution >= 0.6 is 0 Å². The molecule has 1 aliphatic heterocycles. The van der Waals surface area contributed by atoms with Crippen molar-refractivity contribution in [3.8, 4) is 17.2 Å². The van der Waals surface area contributed by atoms with Crippen LogP contribution < -0.4 is 18.5 Å². The topological polar surface area (TPSA) is 65.1 Å². The Hall–Kier alpha value is -2.41. The molecule has 0 atom stereocenters. The van der Waals surface area contributed by atoms with Gasteiger partial charge in [-0.2, -0.15) is 0 Å². The monoisotopic (exact) mass is 391 g/mol. The van der Waals surface area contributed by atoms with E-state index in [-0.39, 0.29) is 4.90 Å². The van der Waals surface area contributed by atoms with E-state index in [1.165, 1.54) is 4.31 Å². The number of anilines is 1. The molecule has 0 bridgehead atoms. The maximum absolute atomic E-state index is 13.3. The van der Waals surface area contributed by atoms with Gasteiger partial charge < -0.3 is 14.2 Å². The third-order valence-corrected chi connectivity index (χ3v) is 6.27. The van der Waals surface area contributed by atoms with Crippen LogP contribution in [-0.2, 0) is 16.4 Å².